The Morgan fingerprint density at radius 3 is 1.22 bits per heavy atom. The van der Waals surface area contributed by atoms with E-state index in [4.69, 9.17) is 15.0 Å². The van der Waals surface area contributed by atoms with Gasteiger partial charge in [0.1, 0.15) is 0 Å². The van der Waals surface area contributed by atoms with Crippen molar-refractivity contribution in [2.45, 2.75) is 16.4 Å². The molecule has 3 aromatic heterocycles. The molecule has 294 valence electrons. The summed E-state index contributed by atoms with van der Waals surface area (Å²) < 4.78 is 4.25. The predicted molar refractivity (Wildman–Crippen MR) is 247 cm³/mol. The first-order valence-electron chi connectivity index (χ1n) is 21.5. The molecule has 63 heavy (non-hydrogen) atoms. The summed E-state index contributed by atoms with van der Waals surface area (Å²) in [6.07, 6.45) is 14.4. The van der Waals surface area contributed by atoms with Gasteiger partial charge >= 0.3 is 6.01 Å². The molecule has 0 radical (unpaired) electrons. The summed E-state index contributed by atoms with van der Waals surface area (Å²) >= 11 is 0. The first-order chi connectivity index (χ1) is 31.2. The van der Waals surface area contributed by atoms with E-state index in [1.807, 2.05) is 23.9 Å². The first kappa shape index (κ1) is 35.6. The molecule has 0 saturated carbocycles. The summed E-state index contributed by atoms with van der Waals surface area (Å²) in [5.74, 6) is 0. The van der Waals surface area contributed by atoms with Crippen LogP contribution in [0.3, 0.4) is 0 Å². The molecule has 0 atom stereocenters. The zero-order chi connectivity index (χ0) is 41.8. The van der Waals surface area contributed by atoms with Crippen LogP contribution in [0.15, 0.2) is 219 Å². The number of benzene rings is 6. The highest BCUT2D eigenvalue weighted by atomic mass is 15.2. The van der Waals surface area contributed by atoms with E-state index in [2.05, 4.69) is 218 Å². The monoisotopic (exact) mass is 805 g/mol. The fourth-order valence-electron chi connectivity index (χ4n) is 11.8. The quantitative estimate of drug-likeness (QED) is 0.157. The summed E-state index contributed by atoms with van der Waals surface area (Å²) in [7, 11) is 2.03. The van der Waals surface area contributed by atoms with Gasteiger partial charge in [0.2, 0.25) is 12.4 Å². The van der Waals surface area contributed by atoms with E-state index in [0.717, 1.165) is 27.9 Å². The van der Waals surface area contributed by atoms with Crippen LogP contribution in [0.5, 0.6) is 0 Å². The van der Waals surface area contributed by atoms with Gasteiger partial charge in [-0.05, 0) is 96.6 Å². The molecule has 13 rings (SSSR count). The molecule has 4 aliphatic rings. The summed E-state index contributed by atoms with van der Waals surface area (Å²) in [4.78, 5) is 15.7. The van der Waals surface area contributed by atoms with Crippen LogP contribution in [0.4, 0.5) is 0 Å². The maximum absolute atomic E-state index is 5.27. The lowest BCUT2D eigenvalue weighted by atomic mass is 9.65. The summed E-state index contributed by atoms with van der Waals surface area (Å²) in [5, 5.41) is 0. The van der Waals surface area contributed by atoms with Crippen molar-refractivity contribution in [2.24, 2.45) is 0 Å². The molecule has 0 saturated heterocycles. The normalized spacial score (nSPS) is 16.0. The molecule has 0 spiro atoms. The van der Waals surface area contributed by atoms with Crippen LogP contribution in [0.25, 0.3) is 33.4 Å². The minimum atomic E-state index is -0.800. The van der Waals surface area contributed by atoms with Crippen molar-refractivity contribution in [2.75, 3.05) is 7.05 Å². The number of rotatable bonds is 6. The van der Waals surface area contributed by atoms with Crippen molar-refractivity contribution >= 4 is 6.01 Å². The van der Waals surface area contributed by atoms with Crippen molar-refractivity contribution in [3.05, 3.63) is 281 Å². The molecule has 0 bridgehead atoms. The molecule has 5 nitrogen and oxygen atoms in total. The fourth-order valence-corrected chi connectivity index (χ4v) is 11.8. The maximum atomic E-state index is 5.27. The van der Waals surface area contributed by atoms with E-state index in [1.54, 1.807) is 0 Å². The molecule has 0 N–H and O–H groups in total. The van der Waals surface area contributed by atoms with Crippen molar-refractivity contribution < 1.29 is 9.15 Å². The van der Waals surface area contributed by atoms with Crippen molar-refractivity contribution in [3.8, 4) is 33.4 Å². The largest absolute Gasteiger partial charge is 0.490 e. The minimum Gasteiger partial charge on any atom is -0.264 e. The smallest absolute Gasteiger partial charge is 0.264 e. The third-order valence-electron chi connectivity index (χ3n) is 14.1. The minimum absolute atomic E-state index is 0.725. The average Bonchev–Trinajstić information content (AvgIpc) is 4.09. The van der Waals surface area contributed by atoms with E-state index in [9.17, 15) is 0 Å². The lowest BCUT2D eigenvalue weighted by molar-refractivity contribution is -0.533. The highest BCUT2D eigenvalue weighted by Gasteiger charge is 2.57. The average molecular weight is 806 g/mol. The van der Waals surface area contributed by atoms with Gasteiger partial charge in [-0.2, -0.15) is 0 Å². The van der Waals surface area contributed by atoms with Gasteiger partial charge in [-0.1, -0.05) is 161 Å². The maximum Gasteiger partial charge on any atom is 0.490 e. The van der Waals surface area contributed by atoms with E-state index in [0.29, 0.717) is 0 Å². The molecular formula is C58H39N5+2. The Bertz CT molecular complexity index is 3350. The first-order valence-corrected chi connectivity index (χ1v) is 21.5. The number of hydrogen-bond donors (Lipinski definition) is 0. The van der Waals surface area contributed by atoms with Crippen LogP contribution in [-0.4, -0.2) is 37.2 Å². The molecule has 6 aromatic carbocycles. The van der Waals surface area contributed by atoms with Gasteiger partial charge in [0.15, 0.2) is 7.05 Å². The Kier molecular flexibility index (Phi) is 7.46. The Hall–Kier alpha value is -8.11. The van der Waals surface area contributed by atoms with Crippen LogP contribution in [0.1, 0.15) is 61.3 Å². The van der Waals surface area contributed by atoms with Crippen LogP contribution in [0.2, 0.25) is 0 Å². The highest BCUT2D eigenvalue weighted by molar-refractivity contribution is 5.89. The highest BCUT2D eigenvalue weighted by Crippen LogP contribution is 2.60. The SMILES string of the molecule is C[N+]1=C=[N+](C2(c3cncc(C4(c5cncc(C6(c7ccccn7)c7ccccc7-c7ccccc76)c5)c5ccccc5-c5ccccc54)c3)c3ccccc3-c3ccccc32)C=C1. The molecule has 5 heteroatoms. The molecule has 0 fully saturated rings. The number of aromatic nitrogens is 3. The van der Waals surface area contributed by atoms with Crippen molar-refractivity contribution in [1.29, 1.82) is 0 Å². The van der Waals surface area contributed by atoms with Crippen LogP contribution < -0.4 is 0 Å². The molecule has 9 aromatic rings. The molecule has 3 aliphatic carbocycles. The summed E-state index contributed by atoms with van der Waals surface area (Å²) in [6.45, 7) is 0. The van der Waals surface area contributed by atoms with Crippen LogP contribution >= 0.6 is 0 Å². The second-order valence-electron chi connectivity index (χ2n) is 17.0. The van der Waals surface area contributed by atoms with Gasteiger partial charge < -0.3 is 0 Å². The second-order valence-corrected chi connectivity index (χ2v) is 17.0. The zero-order valence-electron chi connectivity index (χ0n) is 34.5. The Labute approximate surface area is 366 Å². The zero-order valence-corrected chi connectivity index (χ0v) is 34.5. The van der Waals surface area contributed by atoms with E-state index in [-0.39, 0.29) is 0 Å². The topological polar surface area (TPSA) is 44.7 Å². The van der Waals surface area contributed by atoms with Crippen molar-refractivity contribution in [1.82, 2.24) is 15.0 Å². The van der Waals surface area contributed by atoms with Gasteiger partial charge in [0.25, 0.3) is 5.54 Å². The van der Waals surface area contributed by atoms with Gasteiger partial charge in [0.05, 0.1) is 22.1 Å². The molecule has 0 amide bonds. The second kappa shape index (κ2) is 13.2. The summed E-state index contributed by atoms with van der Waals surface area (Å²) in [6, 6.07) is 67.8. The molecule has 4 heterocycles. The van der Waals surface area contributed by atoms with E-state index < -0.39 is 16.4 Å². The number of fused-ring (bicyclic) bond motifs is 9. The van der Waals surface area contributed by atoms with Gasteiger partial charge in [0, 0.05) is 42.1 Å². The molecular weight excluding hydrogens is 767 g/mol. The standard InChI is InChI=1S/C58H39N5/c1-62-30-31-63(38-62)58(53-26-12-6-20-47(53)48-21-7-13-27-54(48)58)42-33-40(35-60-37-42)56(49-22-8-2-16-43(49)44-17-3-9-23-50(44)56)39-32-41(36-59-34-39)57(55-28-14-15-29-61-55)51-24-10-4-18-45(51)46-19-5-11-25-52(46)57/h2-37H,1H3/q+2. The predicted octanol–water partition coefficient (Wildman–Crippen LogP) is 11.2. The van der Waals surface area contributed by atoms with Crippen LogP contribution in [-0.2, 0) is 16.4 Å². The number of pyridine rings is 3. The summed E-state index contributed by atoms with van der Waals surface area (Å²) in [5.41, 5.74) is 17.4. The Balaban J connectivity index is 1.14. The van der Waals surface area contributed by atoms with Gasteiger partial charge in [-0.25, -0.2) is 0 Å². The van der Waals surface area contributed by atoms with Gasteiger partial charge in [-0.3, -0.25) is 15.0 Å². The van der Waals surface area contributed by atoms with E-state index >= 15 is 0 Å². The Morgan fingerprint density at radius 2 is 0.778 bits per heavy atom. The van der Waals surface area contributed by atoms with Crippen molar-refractivity contribution in [3.63, 3.8) is 0 Å². The lowest BCUT2D eigenvalue weighted by Crippen LogP contribution is -2.38. The molecule has 0 unspecified atom stereocenters. The fraction of sp³-hybridized carbons (Fsp3) is 0.0690. The number of nitrogens with zero attached hydrogens (tertiary/aromatic N) is 5. The van der Waals surface area contributed by atoms with E-state index in [1.165, 1.54) is 66.8 Å². The Morgan fingerprint density at radius 1 is 0.397 bits per heavy atom. The third kappa shape index (κ3) is 4.53. The number of hydrogen-bond acceptors (Lipinski definition) is 3. The molecule has 1 aliphatic heterocycles. The van der Waals surface area contributed by atoms with Crippen LogP contribution in [0, 0.1) is 0 Å². The van der Waals surface area contributed by atoms with Gasteiger partial charge in [-0.15, -0.1) is 0 Å². The lowest BCUT2D eigenvalue weighted by Gasteiger charge is -2.37. The third-order valence-corrected chi connectivity index (χ3v) is 14.1.